The summed E-state index contributed by atoms with van der Waals surface area (Å²) in [5.74, 6) is 0.778. The fourth-order valence-electron chi connectivity index (χ4n) is 3.27. The first-order chi connectivity index (χ1) is 14.1. The van der Waals surface area contributed by atoms with Crippen molar-refractivity contribution < 1.29 is 22.7 Å². The Labute approximate surface area is 179 Å². The molecule has 1 N–H and O–H groups in total. The number of carbonyl (C=O) groups is 1. The number of hydrogen-bond acceptors (Lipinski definition) is 5. The highest BCUT2D eigenvalue weighted by Gasteiger charge is 2.32. The number of rotatable bonds is 9. The van der Waals surface area contributed by atoms with E-state index in [1.165, 1.54) is 4.31 Å². The number of anilines is 1. The molecule has 8 heteroatoms. The third-order valence-corrected chi connectivity index (χ3v) is 6.06. The lowest BCUT2D eigenvalue weighted by molar-refractivity contribution is -0.122. The number of nitrogens with one attached hydrogen (secondary N) is 1. The highest BCUT2D eigenvalue weighted by atomic mass is 32.2. The van der Waals surface area contributed by atoms with Gasteiger partial charge in [0.05, 0.1) is 32.2 Å². The van der Waals surface area contributed by atoms with E-state index in [2.05, 4.69) is 5.32 Å². The second-order valence-electron chi connectivity index (χ2n) is 7.16. The summed E-state index contributed by atoms with van der Waals surface area (Å²) in [6.45, 7) is 5.55. The molecule has 0 saturated carbocycles. The van der Waals surface area contributed by atoms with Gasteiger partial charge < -0.3 is 14.8 Å². The van der Waals surface area contributed by atoms with E-state index >= 15 is 0 Å². The van der Waals surface area contributed by atoms with Crippen LogP contribution >= 0.6 is 0 Å². The smallest absolute Gasteiger partial charge is 0.244 e. The molecule has 0 spiro atoms. The van der Waals surface area contributed by atoms with E-state index < -0.39 is 16.1 Å². The number of methoxy groups -OCH3 is 2. The molecule has 164 valence electrons. The van der Waals surface area contributed by atoms with Crippen molar-refractivity contribution in [1.29, 1.82) is 0 Å². The number of ether oxygens (including phenoxy) is 2. The largest absolute Gasteiger partial charge is 0.493 e. The molecule has 0 bridgehead atoms. The van der Waals surface area contributed by atoms with Crippen LogP contribution in [0.4, 0.5) is 5.69 Å². The van der Waals surface area contributed by atoms with E-state index in [9.17, 15) is 13.2 Å². The fraction of sp³-hybridized carbons (Fsp3) is 0.409. The molecule has 2 aromatic rings. The van der Waals surface area contributed by atoms with Crippen molar-refractivity contribution >= 4 is 21.6 Å². The van der Waals surface area contributed by atoms with Gasteiger partial charge in [-0.3, -0.25) is 9.10 Å². The molecule has 0 aliphatic rings. The second kappa shape index (κ2) is 9.84. The van der Waals surface area contributed by atoms with E-state index in [-0.39, 0.29) is 11.9 Å². The minimum absolute atomic E-state index is 0.325. The summed E-state index contributed by atoms with van der Waals surface area (Å²) in [6, 6.07) is 11.2. The van der Waals surface area contributed by atoms with E-state index in [1.54, 1.807) is 45.4 Å². The summed E-state index contributed by atoms with van der Waals surface area (Å²) < 4.78 is 36.9. The van der Waals surface area contributed by atoms with Crippen LogP contribution in [0.1, 0.15) is 37.4 Å². The first-order valence-corrected chi connectivity index (χ1v) is 11.6. The predicted molar refractivity (Wildman–Crippen MR) is 119 cm³/mol. The number of benzene rings is 2. The van der Waals surface area contributed by atoms with Crippen molar-refractivity contribution in [3.05, 3.63) is 53.6 Å². The highest BCUT2D eigenvalue weighted by molar-refractivity contribution is 7.92. The third kappa shape index (κ3) is 5.44. The van der Waals surface area contributed by atoms with E-state index in [4.69, 9.17) is 9.47 Å². The maximum atomic E-state index is 13.1. The van der Waals surface area contributed by atoms with Crippen molar-refractivity contribution in [2.75, 3.05) is 24.8 Å². The molecular weight excluding hydrogens is 404 g/mol. The second-order valence-corrected chi connectivity index (χ2v) is 9.02. The van der Waals surface area contributed by atoms with Crippen molar-refractivity contribution in [2.24, 2.45) is 0 Å². The molecule has 0 radical (unpaired) electrons. The maximum absolute atomic E-state index is 13.1. The molecule has 0 unspecified atom stereocenters. The average molecular weight is 435 g/mol. The third-order valence-electron chi connectivity index (χ3n) is 4.88. The van der Waals surface area contributed by atoms with Gasteiger partial charge in [0.2, 0.25) is 15.9 Å². The molecule has 0 fully saturated rings. The molecule has 2 rings (SSSR count). The Hall–Kier alpha value is -2.74. The summed E-state index contributed by atoms with van der Waals surface area (Å²) in [7, 11) is -0.571. The van der Waals surface area contributed by atoms with Crippen LogP contribution in [0.15, 0.2) is 42.5 Å². The van der Waals surface area contributed by atoms with Crippen LogP contribution in [-0.4, -0.2) is 40.8 Å². The molecule has 0 aromatic heterocycles. The Morgan fingerprint density at radius 3 is 2.17 bits per heavy atom. The zero-order chi connectivity index (χ0) is 22.5. The quantitative estimate of drug-likeness (QED) is 0.654. The van der Waals surface area contributed by atoms with Crippen molar-refractivity contribution in [3.63, 3.8) is 0 Å². The fourth-order valence-corrected chi connectivity index (χ4v) is 4.48. The lowest BCUT2D eigenvalue weighted by atomic mass is 10.1. The van der Waals surface area contributed by atoms with Gasteiger partial charge in [0.15, 0.2) is 11.5 Å². The van der Waals surface area contributed by atoms with Gasteiger partial charge in [-0.25, -0.2) is 8.42 Å². The Morgan fingerprint density at radius 1 is 1.07 bits per heavy atom. The zero-order valence-electron chi connectivity index (χ0n) is 18.3. The Bertz CT molecular complexity index is 974. The average Bonchev–Trinajstić information content (AvgIpc) is 2.71. The standard InChI is InChI=1S/C22H30N2O5S/c1-7-19(24(30(6,26)27)18-11-8-15(2)9-12-18)22(25)23-16(3)17-10-13-20(28-4)21(14-17)29-5/h8-14,16,19H,7H2,1-6H3,(H,23,25)/t16-,19-/m0/s1. The summed E-state index contributed by atoms with van der Waals surface area (Å²) in [5, 5.41) is 2.93. The Balaban J connectivity index is 2.30. The van der Waals surface area contributed by atoms with Crippen molar-refractivity contribution in [2.45, 2.75) is 39.3 Å². The Morgan fingerprint density at radius 2 is 1.67 bits per heavy atom. The number of sulfonamides is 1. The van der Waals surface area contributed by atoms with Crippen LogP contribution < -0.4 is 19.1 Å². The summed E-state index contributed by atoms with van der Waals surface area (Å²) in [4.78, 5) is 13.1. The number of amides is 1. The molecule has 0 aliphatic carbocycles. The van der Waals surface area contributed by atoms with Crippen LogP contribution in [0.3, 0.4) is 0 Å². The van der Waals surface area contributed by atoms with Crippen LogP contribution in [0.5, 0.6) is 11.5 Å². The molecule has 2 aromatic carbocycles. The van der Waals surface area contributed by atoms with Crippen molar-refractivity contribution in [3.8, 4) is 11.5 Å². The number of hydrogen-bond donors (Lipinski definition) is 1. The van der Waals surface area contributed by atoms with E-state index in [0.717, 1.165) is 17.4 Å². The molecule has 0 aliphatic heterocycles. The van der Waals surface area contributed by atoms with Gasteiger partial charge in [0.1, 0.15) is 6.04 Å². The predicted octanol–water partition coefficient (Wildman–Crippen LogP) is 3.43. The molecule has 7 nitrogen and oxygen atoms in total. The van der Waals surface area contributed by atoms with Crippen LogP contribution in [0.2, 0.25) is 0 Å². The molecular formula is C22H30N2O5S. The number of aryl methyl sites for hydroxylation is 1. The lowest BCUT2D eigenvalue weighted by Gasteiger charge is -2.31. The SMILES string of the molecule is CC[C@@H](C(=O)N[C@@H](C)c1ccc(OC)c(OC)c1)N(c1ccc(C)cc1)S(C)(=O)=O. The van der Waals surface area contributed by atoms with Crippen LogP contribution in [0, 0.1) is 6.92 Å². The molecule has 30 heavy (non-hydrogen) atoms. The monoisotopic (exact) mass is 434 g/mol. The van der Waals surface area contributed by atoms with Gasteiger partial charge in [0.25, 0.3) is 0 Å². The number of carbonyl (C=O) groups excluding carboxylic acids is 1. The molecule has 2 atom stereocenters. The summed E-state index contributed by atoms with van der Waals surface area (Å²) in [5.41, 5.74) is 2.28. The van der Waals surface area contributed by atoms with Gasteiger partial charge in [-0.15, -0.1) is 0 Å². The lowest BCUT2D eigenvalue weighted by Crippen LogP contribution is -2.49. The van der Waals surface area contributed by atoms with Crippen molar-refractivity contribution in [1.82, 2.24) is 5.32 Å². The van der Waals surface area contributed by atoms with Gasteiger partial charge in [-0.05, 0) is 50.1 Å². The van der Waals surface area contributed by atoms with Gasteiger partial charge in [-0.2, -0.15) is 0 Å². The summed E-state index contributed by atoms with van der Waals surface area (Å²) >= 11 is 0. The minimum atomic E-state index is -3.67. The molecule has 0 saturated heterocycles. The zero-order valence-corrected chi connectivity index (χ0v) is 19.1. The van der Waals surface area contributed by atoms with Crippen LogP contribution in [-0.2, 0) is 14.8 Å². The van der Waals surface area contributed by atoms with Gasteiger partial charge in [-0.1, -0.05) is 30.7 Å². The van der Waals surface area contributed by atoms with Gasteiger partial charge in [0, 0.05) is 0 Å². The molecule has 0 heterocycles. The highest BCUT2D eigenvalue weighted by Crippen LogP contribution is 2.30. The molecule has 1 amide bonds. The normalized spacial score (nSPS) is 13.3. The topological polar surface area (TPSA) is 84.9 Å². The van der Waals surface area contributed by atoms with E-state index in [1.807, 2.05) is 32.0 Å². The summed E-state index contributed by atoms with van der Waals surface area (Å²) in [6.07, 6.45) is 1.44. The minimum Gasteiger partial charge on any atom is -0.493 e. The first kappa shape index (κ1) is 23.5. The Kier molecular flexibility index (Phi) is 7.72. The van der Waals surface area contributed by atoms with Crippen LogP contribution in [0.25, 0.3) is 0 Å². The van der Waals surface area contributed by atoms with Gasteiger partial charge >= 0.3 is 0 Å². The van der Waals surface area contributed by atoms with E-state index in [0.29, 0.717) is 23.6 Å². The first-order valence-electron chi connectivity index (χ1n) is 9.70. The maximum Gasteiger partial charge on any atom is 0.244 e. The number of nitrogens with zero attached hydrogens (tertiary/aromatic N) is 1.